The van der Waals surface area contributed by atoms with E-state index in [0.29, 0.717) is 0 Å². The molecule has 3 rings (SSSR count). The molecule has 10 heteroatoms. The van der Waals surface area contributed by atoms with Crippen molar-refractivity contribution in [2.45, 2.75) is 24.0 Å². The number of carbonyl (C=O) groups excluding carboxylic acids is 2. The molecule has 2 aromatic rings. The number of hydrogen-bond acceptors (Lipinski definition) is 9. The number of nitrogens with zero attached hydrogens (tertiary/aromatic N) is 4. The van der Waals surface area contributed by atoms with Crippen molar-refractivity contribution in [3.05, 3.63) is 12.7 Å². The summed E-state index contributed by atoms with van der Waals surface area (Å²) in [5.74, 6) is 0.129. The van der Waals surface area contributed by atoms with Crippen LogP contribution in [0.3, 0.4) is 0 Å². The van der Waals surface area contributed by atoms with Gasteiger partial charge in [-0.25, -0.2) is 15.0 Å². The highest BCUT2D eigenvalue weighted by atomic mass is 16.6. The van der Waals surface area contributed by atoms with Crippen molar-refractivity contribution in [2.75, 3.05) is 5.73 Å². The molecule has 1 aliphatic heterocycles. The second-order valence-electron chi connectivity index (χ2n) is 4.62. The summed E-state index contributed by atoms with van der Waals surface area (Å²) in [6.07, 6.45) is -1.67. The molecule has 4 N–H and O–H groups in total. The zero-order chi connectivity index (χ0) is 15.2. The predicted octanol–water partition coefficient (Wildman–Crippen LogP) is -2.20. The zero-order valence-electron chi connectivity index (χ0n) is 10.5. The van der Waals surface area contributed by atoms with Crippen LogP contribution in [0.2, 0.25) is 0 Å². The maximum Gasteiger partial charge on any atom is 0.209 e. The topological polar surface area (TPSA) is 153 Å². The first-order valence-electron chi connectivity index (χ1n) is 5.93. The van der Waals surface area contributed by atoms with Gasteiger partial charge in [-0.05, 0) is 0 Å². The van der Waals surface area contributed by atoms with Crippen molar-refractivity contribution >= 4 is 29.6 Å². The molecule has 3 atom stereocenters. The summed E-state index contributed by atoms with van der Waals surface area (Å²) in [6, 6.07) is 0. The van der Waals surface area contributed by atoms with Crippen molar-refractivity contribution in [1.82, 2.24) is 19.5 Å². The van der Waals surface area contributed by atoms with Gasteiger partial charge in [0.2, 0.25) is 5.60 Å². The SMILES string of the molecule is Nc1ncnc2c1ncn2[C@@H]1OC(C=O)(C=O)[C@@H](O)[C@H]1O. The average Bonchev–Trinajstić information content (AvgIpc) is 3.02. The van der Waals surface area contributed by atoms with Crippen LogP contribution in [0.15, 0.2) is 12.7 Å². The third kappa shape index (κ3) is 1.73. The van der Waals surface area contributed by atoms with E-state index in [9.17, 15) is 19.8 Å². The second-order valence-corrected chi connectivity index (χ2v) is 4.62. The molecule has 0 aliphatic carbocycles. The van der Waals surface area contributed by atoms with Gasteiger partial charge < -0.3 is 20.7 Å². The molecule has 1 saturated heterocycles. The minimum absolute atomic E-state index is 0.129. The molecule has 0 spiro atoms. The third-order valence-corrected chi connectivity index (χ3v) is 3.43. The lowest BCUT2D eigenvalue weighted by Crippen LogP contribution is -2.46. The molecule has 0 saturated carbocycles. The van der Waals surface area contributed by atoms with Gasteiger partial charge >= 0.3 is 0 Å². The van der Waals surface area contributed by atoms with Crippen LogP contribution in [0.4, 0.5) is 5.82 Å². The lowest BCUT2D eigenvalue weighted by molar-refractivity contribution is -0.151. The quantitative estimate of drug-likeness (QED) is 0.422. The van der Waals surface area contributed by atoms with Gasteiger partial charge in [0.25, 0.3) is 0 Å². The van der Waals surface area contributed by atoms with Gasteiger partial charge in [-0.3, -0.25) is 14.2 Å². The Labute approximate surface area is 117 Å². The molecule has 0 unspecified atom stereocenters. The maximum absolute atomic E-state index is 11.1. The molecule has 1 fully saturated rings. The Kier molecular flexibility index (Phi) is 2.93. The van der Waals surface area contributed by atoms with Crippen LogP contribution in [0.25, 0.3) is 11.2 Å². The van der Waals surface area contributed by atoms with Crippen molar-refractivity contribution in [1.29, 1.82) is 0 Å². The highest BCUT2D eigenvalue weighted by Gasteiger charge is 2.55. The predicted molar refractivity (Wildman–Crippen MR) is 66.7 cm³/mol. The molecule has 0 radical (unpaired) electrons. The number of nitrogens with two attached hydrogens (primary N) is 1. The molecule has 10 nitrogen and oxygen atoms in total. The maximum atomic E-state index is 11.1. The number of nitrogen functional groups attached to an aromatic ring is 1. The Balaban J connectivity index is 2.10. The normalized spacial score (nSPS) is 27.8. The number of aromatic nitrogens is 4. The number of hydrogen-bond donors (Lipinski definition) is 3. The van der Waals surface area contributed by atoms with Gasteiger partial charge in [-0.2, -0.15) is 0 Å². The van der Waals surface area contributed by atoms with E-state index in [1.165, 1.54) is 17.2 Å². The van der Waals surface area contributed by atoms with Crippen LogP contribution in [0.5, 0.6) is 0 Å². The fraction of sp³-hybridized carbons (Fsp3) is 0.364. The van der Waals surface area contributed by atoms with E-state index in [1.807, 2.05) is 0 Å². The Bertz CT molecular complexity index is 708. The first-order valence-corrected chi connectivity index (χ1v) is 5.93. The highest BCUT2D eigenvalue weighted by molar-refractivity contribution is 5.89. The molecule has 2 aromatic heterocycles. The highest BCUT2D eigenvalue weighted by Crippen LogP contribution is 2.36. The van der Waals surface area contributed by atoms with Crippen molar-refractivity contribution in [3.63, 3.8) is 0 Å². The van der Waals surface area contributed by atoms with Gasteiger partial charge in [0.15, 0.2) is 30.3 Å². The van der Waals surface area contributed by atoms with E-state index < -0.39 is 24.0 Å². The Morgan fingerprint density at radius 2 is 2.00 bits per heavy atom. The summed E-state index contributed by atoms with van der Waals surface area (Å²) in [5, 5.41) is 19.9. The minimum Gasteiger partial charge on any atom is -0.386 e. The van der Waals surface area contributed by atoms with E-state index in [2.05, 4.69) is 15.0 Å². The molecule has 1 aliphatic rings. The van der Waals surface area contributed by atoms with Crippen molar-refractivity contribution < 1.29 is 24.5 Å². The summed E-state index contributed by atoms with van der Waals surface area (Å²) in [7, 11) is 0. The molecule has 0 amide bonds. The average molecular weight is 293 g/mol. The Morgan fingerprint density at radius 3 is 2.62 bits per heavy atom. The largest absolute Gasteiger partial charge is 0.386 e. The number of aliphatic hydroxyl groups excluding tert-OH is 2. The van der Waals surface area contributed by atoms with Crippen LogP contribution in [-0.2, 0) is 14.3 Å². The van der Waals surface area contributed by atoms with Crippen LogP contribution >= 0.6 is 0 Å². The smallest absolute Gasteiger partial charge is 0.209 e. The van der Waals surface area contributed by atoms with Crippen LogP contribution < -0.4 is 5.73 Å². The fourth-order valence-corrected chi connectivity index (χ4v) is 2.27. The van der Waals surface area contributed by atoms with E-state index >= 15 is 0 Å². The second kappa shape index (κ2) is 4.55. The number of ether oxygens (including phenoxy) is 1. The first kappa shape index (κ1) is 13.5. The number of imidazole rings is 1. The lowest BCUT2D eigenvalue weighted by Gasteiger charge is -2.18. The van der Waals surface area contributed by atoms with Crippen molar-refractivity contribution in [3.8, 4) is 0 Å². The number of fused-ring (bicyclic) bond motifs is 1. The van der Waals surface area contributed by atoms with Crippen LogP contribution in [-0.4, -0.2) is 60.1 Å². The van der Waals surface area contributed by atoms with Gasteiger partial charge in [-0.1, -0.05) is 0 Å². The first-order chi connectivity index (χ1) is 10.0. The third-order valence-electron chi connectivity index (χ3n) is 3.43. The number of aldehydes is 2. The van der Waals surface area contributed by atoms with E-state index in [-0.39, 0.29) is 29.6 Å². The van der Waals surface area contributed by atoms with E-state index in [0.717, 1.165) is 0 Å². The molecule has 0 bridgehead atoms. The standard InChI is InChI=1S/C11H11N5O5/c12-8-5-9(14-3-13-8)16(4-15-5)10-6(19)7(20)11(1-17,2-18)21-10/h1-4,6-7,10,19-20H,(H2,12,13,14)/t6-,7+,10-/m1/s1. The molecule has 0 aromatic carbocycles. The van der Waals surface area contributed by atoms with Gasteiger partial charge in [-0.15, -0.1) is 0 Å². The van der Waals surface area contributed by atoms with Gasteiger partial charge in [0.1, 0.15) is 24.1 Å². The summed E-state index contributed by atoms with van der Waals surface area (Å²) in [4.78, 5) is 33.8. The lowest BCUT2D eigenvalue weighted by atomic mass is 9.99. The summed E-state index contributed by atoms with van der Waals surface area (Å²) >= 11 is 0. The van der Waals surface area contributed by atoms with Crippen LogP contribution in [0.1, 0.15) is 6.23 Å². The number of aliphatic hydroxyl groups is 2. The monoisotopic (exact) mass is 293 g/mol. The zero-order valence-corrected chi connectivity index (χ0v) is 10.5. The number of carbonyl (C=O) groups is 2. The summed E-state index contributed by atoms with van der Waals surface area (Å²) in [5.41, 5.74) is 4.04. The number of anilines is 1. The molecule has 3 heterocycles. The Morgan fingerprint density at radius 1 is 1.29 bits per heavy atom. The molecule has 110 valence electrons. The molecular formula is C11H11N5O5. The van der Waals surface area contributed by atoms with E-state index in [1.54, 1.807) is 0 Å². The molecular weight excluding hydrogens is 282 g/mol. The summed E-state index contributed by atoms with van der Waals surface area (Å²) in [6.45, 7) is 0. The molecule has 21 heavy (non-hydrogen) atoms. The van der Waals surface area contributed by atoms with E-state index in [4.69, 9.17) is 10.5 Å². The van der Waals surface area contributed by atoms with Crippen LogP contribution in [0, 0.1) is 0 Å². The number of rotatable bonds is 3. The van der Waals surface area contributed by atoms with Gasteiger partial charge in [0, 0.05) is 0 Å². The Hall–Kier alpha value is -2.43. The van der Waals surface area contributed by atoms with Gasteiger partial charge in [0.05, 0.1) is 6.33 Å². The fourth-order valence-electron chi connectivity index (χ4n) is 2.27. The summed E-state index contributed by atoms with van der Waals surface area (Å²) < 4.78 is 6.52. The minimum atomic E-state index is -2.13. The van der Waals surface area contributed by atoms with Crippen molar-refractivity contribution in [2.24, 2.45) is 0 Å².